The lowest BCUT2D eigenvalue weighted by Gasteiger charge is -2.14. The Balaban J connectivity index is 2.03. The van der Waals surface area contributed by atoms with Gasteiger partial charge in [-0.3, -0.25) is 20.4 Å². The van der Waals surface area contributed by atoms with E-state index in [-0.39, 0.29) is 0 Å². The smallest absolute Gasteiger partial charge is 0.269 e. The lowest BCUT2D eigenvalue weighted by Crippen LogP contribution is -2.41. The van der Waals surface area contributed by atoms with Gasteiger partial charge in [-0.25, -0.2) is 0 Å². The maximum atomic E-state index is 12.5. The summed E-state index contributed by atoms with van der Waals surface area (Å²) in [6.07, 6.45) is 1.94. The minimum absolute atomic E-state index is 0.321. The zero-order valence-corrected chi connectivity index (χ0v) is 18.4. The predicted octanol–water partition coefficient (Wildman–Crippen LogP) is 3.75. The minimum Gasteiger partial charge on any atom is -0.493 e. The van der Waals surface area contributed by atoms with Gasteiger partial charge in [0.1, 0.15) is 0 Å². The second-order valence-corrected chi connectivity index (χ2v) is 6.50. The molecule has 31 heavy (non-hydrogen) atoms. The molecule has 0 saturated heterocycles. The second kappa shape index (κ2) is 12.3. The van der Waals surface area contributed by atoms with E-state index in [9.17, 15) is 9.59 Å². The van der Waals surface area contributed by atoms with Crippen LogP contribution in [0, 0.1) is 0 Å². The number of carbonyl (C=O) groups excluding carboxylic acids is 2. The number of hydrogen-bond acceptors (Lipinski definition) is 6. The SMILES string of the molecule is CCCCOc1ccc(C(=O)NNC(=O)c2ccc(OCC)c(OCC)c2)cc1OC. The molecule has 0 bridgehead atoms. The first kappa shape index (κ1) is 23.9. The fraction of sp³-hybridized carbons (Fsp3) is 0.391. The first-order valence-electron chi connectivity index (χ1n) is 10.3. The molecule has 0 saturated carbocycles. The van der Waals surface area contributed by atoms with Crippen molar-refractivity contribution < 1.29 is 28.5 Å². The van der Waals surface area contributed by atoms with E-state index in [0.29, 0.717) is 53.9 Å². The molecule has 2 rings (SSSR count). The van der Waals surface area contributed by atoms with Gasteiger partial charge in [0.2, 0.25) is 0 Å². The van der Waals surface area contributed by atoms with E-state index in [2.05, 4.69) is 17.8 Å². The zero-order chi connectivity index (χ0) is 22.6. The molecule has 0 aliphatic heterocycles. The van der Waals surface area contributed by atoms with E-state index in [0.717, 1.165) is 12.8 Å². The van der Waals surface area contributed by atoms with Gasteiger partial charge in [-0.1, -0.05) is 13.3 Å². The first-order chi connectivity index (χ1) is 15.0. The summed E-state index contributed by atoms with van der Waals surface area (Å²) in [4.78, 5) is 24.9. The number of methoxy groups -OCH3 is 1. The molecule has 2 aromatic carbocycles. The summed E-state index contributed by atoms with van der Waals surface area (Å²) in [6.45, 7) is 7.27. The molecule has 0 radical (unpaired) electrons. The maximum absolute atomic E-state index is 12.5. The number of unbranched alkanes of at least 4 members (excludes halogenated alkanes) is 1. The Kier molecular flexibility index (Phi) is 9.48. The van der Waals surface area contributed by atoms with E-state index >= 15 is 0 Å². The molecule has 8 nitrogen and oxygen atoms in total. The van der Waals surface area contributed by atoms with Crippen molar-refractivity contribution in [2.75, 3.05) is 26.9 Å². The number of benzene rings is 2. The summed E-state index contributed by atoms with van der Waals surface area (Å²) in [6, 6.07) is 9.67. The Labute approximate surface area is 182 Å². The highest BCUT2D eigenvalue weighted by Gasteiger charge is 2.15. The quantitative estimate of drug-likeness (QED) is 0.417. The molecular formula is C23H30N2O6. The molecule has 0 spiro atoms. The zero-order valence-electron chi connectivity index (χ0n) is 18.4. The van der Waals surface area contributed by atoms with Gasteiger partial charge in [-0.15, -0.1) is 0 Å². The van der Waals surface area contributed by atoms with Crippen LogP contribution < -0.4 is 29.8 Å². The van der Waals surface area contributed by atoms with Crippen LogP contribution in [0.4, 0.5) is 0 Å². The summed E-state index contributed by atoms with van der Waals surface area (Å²) >= 11 is 0. The summed E-state index contributed by atoms with van der Waals surface area (Å²) in [5, 5.41) is 0. The largest absolute Gasteiger partial charge is 0.493 e. The molecule has 2 amide bonds. The third-order valence-corrected chi connectivity index (χ3v) is 4.28. The van der Waals surface area contributed by atoms with Gasteiger partial charge < -0.3 is 18.9 Å². The molecule has 0 aromatic heterocycles. The highest BCUT2D eigenvalue weighted by atomic mass is 16.5. The Hall–Kier alpha value is -3.42. The van der Waals surface area contributed by atoms with Crippen LogP contribution in [-0.4, -0.2) is 38.7 Å². The van der Waals surface area contributed by atoms with Crippen LogP contribution in [0.1, 0.15) is 54.3 Å². The van der Waals surface area contributed by atoms with Crippen molar-refractivity contribution in [3.8, 4) is 23.0 Å². The van der Waals surface area contributed by atoms with Gasteiger partial charge >= 0.3 is 0 Å². The lowest BCUT2D eigenvalue weighted by molar-refractivity contribution is 0.0846. The highest BCUT2D eigenvalue weighted by Crippen LogP contribution is 2.29. The summed E-state index contributed by atoms with van der Waals surface area (Å²) in [5.74, 6) is 1.06. The van der Waals surface area contributed by atoms with Crippen molar-refractivity contribution in [3.05, 3.63) is 47.5 Å². The standard InChI is InChI=1S/C23H30N2O6/c1-5-8-13-31-18-11-9-16(14-20(18)28-4)22(26)24-25-23(27)17-10-12-19(29-6-2)21(15-17)30-7-3/h9-12,14-15H,5-8,13H2,1-4H3,(H,24,26)(H,25,27). The van der Waals surface area contributed by atoms with E-state index in [1.807, 2.05) is 13.8 Å². The highest BCUT2D eigenvalue weighted by molar-refractivity contribution is 5.99. The Bertz CT molecular complexity index is 884. The van der Waals surface area contributed by atoms with Crippen molar-refractivity contribution in [2.24, 2.45) is 0 Å². The normalized spacial score (nSPS) is 10.2. The first-order valence-corrected chi connectivity index (χ1v) is 10.3. The van der Waals surface area contributed by atoms with Gasteiger partial charge in [0, 0.05) is 11.1 Å². The van der Waals surface area contributed by atoms with Crippen molar-refractivity contribution in [3.63, 3.8) is 0 Å². The van der Waals surface area contributed by atoms with Gasteiger partial charge in [0.05, 0.1) is 26.9 Å². The minimum atomic E-state index is -0.484. The number of hydrogen-bond donors (Lipinski definition) is 2. The number of hydrazine groups is 1. The lowest BCUT2D eigenvalue weighted by atomic mass is 10.2. The summed E-state index contributed by atoms with van der Waals surface area (Å²) in [7, 11) is 1.51. The maximum Gasteiger partial charge on any atom is 0.269 e. The molecule has 0 aliphatic carbocycles. The van der Waals surface area contributed by atoms with Gasteiger partial charge in [-0.05, 0) is 56.7 Å². The van der Waals surface area contributed by atoms with Crippen molar-refractivity contribution >= 4 is 11.8 Å². The Morgan fingerprint density at radius 2 is 1.26 bits per heavy atom. The van der Waals surface area contributed by atoms with Crippen LogP contribution in [-0.2, 0) is 0 Å². The van der Waals surface area contributed by atoms with E-state index in [1.54, 1.807) is 36.4 Å². The number of rotatable bonds is 11. The monoisotopic (exact) mass is 430 g/mol. The van der Waals surface area contributed by atoms with Gasteiger partial charge in [-0.2, -0.15) is 0 Å². The topological polar surface area (TPSA) is 95.1 Å². The van der Waals surface area contributed by atoms with Crippen LogP contribution >= 0.6 is 0 Å². The number of nitrogens with one attached hydrogen (secondary N) is 2. The molecule has 168 valence electrons. The number of ether oxygens (including phenoxy) is 4. The molecule has 8 heteroatoms. The van der Waals surface area contributed by atoms with Crippen LogP contribution in [0.3, 0.4) is 0 Å². The van der Waals surface area contributed by atoms with Crippen LogP contribution in [0.15, 0.2) is 36.4 Å². The van der Waals surface area contributed by atoms with Crippen LogP contribution in [0.5, 0.6) is 23.0 Å². The average Bonchev–Trinajstić information content (AvgIpc) is 2.79. The third-order valence-electron chi connectivity index (χ3n) is 4.28. The third kappa shape index (κ3) is 6.80. The summed E-state index contributed by atoms with van der Waals surface area (Å²) in [5.41, 5.74) is 5.45. The van der Waals surface area contributed by atoms with Crippen molar-refractivity contribution in [1.29, 1.82) is 0 Å². The molecular weight excluding hydrogens is 400 g/mol. The van der Waals surface area contributed by atoms with Crippen molar-refractivity contribution in [1.82, 2.24) is 10.9 Å². The van der Waals surface area contributed by atoms with Crippen LogP contribution in [0.2, 0.25) is 0 Å². The van der Waals surface area contributed by atoms with E-state index in [1.165, 1.54) is 7.11 Å². The van der Waals surface area contributed by atoms with E-state index in [4.69, 9.17) is 18.9 Å². The van der Waals surface area contributed by atoms with Gasteiger partial charge in [0.25, 0.3) is 11.8 Å². The molecule has 0 unspecified atom stereocenters. The number of carbonyl (C=O) groups is 2. The van der Waals surface area contributed by atoms with E-state index < -0.39 is 11.8 Å². The molecule has 0 aliphatic rings. The van der Waals surface area contributed by atoms with Crippen LogP contribution in [0.25, 0.3) is 0 Å². The molecule has 0 atom stereocenters. The fourth-order valence-corrected chi connectivity index (χ4v) is 2.70. The Morgan fingerprint density at radius 1 is 0.742 bits per heavy atom. The fourth-order valence-electron chi connectivity index (χ4n) is 2.70. The molecule has 0 fully saturated rings. The number of amides is 2. The summed E-state index contributed by atoms with van der Waals surface area (Å²) < 4.78 is 22.0. The predicted molar refractivity (Wildman–Crippen MR) is 117 cm³/mol. The molecule has 2 aromatic rings. The Morgan fingerprint density at radius 3 is 1.77 bits per heavy atom. The van der Waals surface area contributed by atoms with Gasteiger partial charge in [0.15, 0.2) is 23.0 Å². The second-order valence-electron chi connectivity index (χ2n) is 6.50. The van der Waals surface area contributed by atoms with Crippen molar-refractivity contribution in [2.45, 2.75) is 33.6 Å². The average molecular weight is 431 g/mol. The molecule has 2 N–H and O–H groups in total. The molecule has 0 heterocycles.